The van der Waals surface area contributed by atoms with Gasteiger partial charge < -0.3 is 14.7 Å². The fourth-order valence-corrected chi connectivity index (χ4v) is 1.76. The number of aliphatic carboxylic acids is 1. The fourth-order valence-electron chi connectivity index (χ4n) is 1.76. The molecule has 0 aliphatic heterocycles. The van der Waals surface area contributed by atoms with Gasteiger partial charge in [0.15, 0.2) is 5.75 Å². The summed E-state index contributed by atoms with van der Waals surface area (Å²) in [4.78, 5) is 34.1. The predicted octanol–water partition coefficient (Wildman–Crippen LogP) is 1.54. The van der Waals surface area contributed by atoms with Crippen molar-refractivity contribution in [1.82, 2.24) is 4.90 Å². The third kappa shape index (κ3) is 5.04. The van der Waals surface area contributed by atoms with E-state index in [0.29, 0.717) is 0 Å². The molecule has 0 heterocycles. The Morgan fingerprint density at radius 3 is 2.64 bits per heavy atom. The zero-order chi connectivity index (χ0) is 16.7. The van der Waals surface area contributed by atoms with Crippen LogP contribution >= 0.6 is 0 Å². The Kier molecular flexibility index (Phi) is 6.30. The summed E-state index contributed by atoms with van der Waals surface area (Å²) in [6, 6.07) is 5.90. The van der Waals surface area contributed by atoms with Gasteiger partial charge in [-0.15, -0.1) is 0 Å². The zero-order valence-electron chi connectivity index (χ0n) is 12.4. The van der Waals surface area contributed by atoms with Crippen LogP contribution in [-0.4, -0.2) is 47.0 Å². The minimum Gasteiger partial charge on any atom is -0.486 e. The summed E-state index contributed by atoms with van der Waals surface area (Å²) in [5.74, 6) is -1.82. The van der Waals surface area contributed by atoms with Crippen LogP contribution in [0.1, 0.15) is 13.3 Å². The van der Waals surface area contributed by atoms with Gasteiger partial charge in [-0.3, -0.25) is 19.7 Å². The first kappa shape index (κ1) is 17.4. The third-order valence-corrected chi connectivity index (χ3v) is 3.03. The van der Waals surface area contributed by atoms with E-state index in [1.54, 1.807) is 6.07 Å². The Labute approximate surface area is 127 Å². The number of carboxylic acids is 1. The topological polar surface area (TPSA) is 110 Å². The lowest BCUT2D eigenvalue weighted by atomic mass is 10.2. The summed E-state index contributed by atoms with van der Waals surface area (Å²) in [7, 11) is 1.51. The molecule has 0 aliphatic carbocycles. The Balaban J connectivity index is 2.49. The molecule has 1 rings (SSSR count). The van der Waals surface area contributed by atoms with Crippen molar-refractivity contribution >= 4 is 17.6 Å². The maximum absolute atomic E-state index is 11.8. The van der Waals surface area contributed by atoms with E-state index in [-0.39, 0.29) is 36.9 Å². The number of nitro benzene ring substituents is 1. The molecule has 8 nitrogen and oxygen atoms in total. The van der Waals surface area contributed by atoms with Crippen molar-refractivity contribution in [2.24, 2.45) is 5.92 Å². The van der Waals surface area contributed by atoms with Crippen LogP contribution in [0, 0.1) is 16.0 Å². The number of rotatable bonds is 8. The van der Waals surface area contributed by atoms with Crippen molar-refractivity contribution in [2.45, 2.75) is 13.3 Å². The molecule has 22 heavy (non-hydrogen) atoms. The summed E-state index contributed by atoms with van der Waals surface area (Å²) >= 11 is 0. The van der Waals surface area contributed by atoms with Gasteiger partial charge in [0.25, 0.3) is 0 Å². The van der Waals surface area contributed by atoms with Gasteiger partial charge in [0.05, 0.1) is 23.9 Å². The number of benzene rings is 1. The number of nitrogens with zero attached hydrogens (tertiary/aromatic N) is 2. The van der Waals surface area contributed by atoms with E-state index in [2.05, 4.69) is 0 Å². The second kappa shape index (κ2) is 7.96. The average Bonchev–Trinajstić information content (AvgIpc) is 2.47. The van der Waals surface area contributed by atoms with Gasteiger partial charge in [-0.2, -0.15) is 0 Å². The number of nitro groups is 1. The van der Waals surface area contributed by atoms with Crippen LogP contribution in [0.3, 0.4) is 0 Å². The van der Waals surface area contributed by atoms with Crippen molar-refractivity contribution in [1.29, 1.82) is 0 Å². The van der Waals surface area contributed by atoms with Crippen molar-refractivity contribution < 1.29 is 24.4 Å². The number of carboxylic acid groups (broad SMARTS) is 1. The van der Waals surface area contributed by atoms with E-state index >= 15 is 0 Å². The summed E-state index contributed by atoms with van der Waals surface area (Å²) in [6.07, 6.45) is 0.00882. The molecule has 0 aliphatic rings. The zero-order valence-corrected chi connectivity index (χ0v) is 12.4. The number of amides is 1. The summed E-state index contributed by atoms with van der Waals surface area (Å²) in [5, 5.41) is 19.6. The highest BCUT2D eigenvalue weighted by molar-refractivity contribution is 5.77. The molecule has 1 aromatic rings. The highest BCUT2D eigenvalue weighted by atomic mass is 16.6. The molecule has 1 atom stereocenters. The molecule has 0 saturated heterocycles. The van der Waals surface area contributed by atoms with Crippen molar-refractivity contribution in [2.75, 3.05) is 20.2 Å². The monoisotopic (exact) mass is 310 g/mol. The Hall–Kier alpha value is -2.64. The van der Waals surface area contributed by atoms with Gasteiger partial charge in [-0.05, 0) is 6.07 Å². The molecule has 8 heteroatoms. The first-order chi connectivity index (χ1) is 10.3. The fraction of sp³-hybridized carbons (Fsp3) is 0.429. The van der Waals surface area contributed by atoms with E-state index in [1.807, 2.05) is 0 Å². The molecule has 0 fully saturated rings. The lowest BCUT2D eigenvalue weighted by Gasteiger charge is -2.19. The number of ether oxygens (including phenoxy) is 1. The van der Waals surface area contributed by atoms with E-state index < -0.39 is 16.8 Å². The molecule has 0 saturated carbocycles. The van der Waals surface area contributed by atoms with Crippen molar-refractivity contribution in [3.8, 4) is 5.75 Å². The lowest BCUT2D eigenvalue weighted by molar-refractivity contribution is -0.385. The minimum atomic E-state index is -0.976. The van der Waals surface area contributed by atoms with Crippen LogP contribution in [0.5, 0.6) is 5.75 Å². The van der Waals surface area contributed by atoms with Crippen LogP contribution < -0.4 is 4.74 Å². The smallest absolute Gasteiger partial charge is 0.310 e. The molecule has 0 bridgehead atoms. The lowest BCUT2D eigenvalue weighted by Crippen LogP contribution is -2.34. The average molecular weight is 310 g/mol. The maximum Gasteiger partial charge on any atom is 0.310 e. The number of carbonyl (C=O) groups excluding carboxylic acids is 1. The van der Waals surface area contributed by atoms with E-state index in [1.165, 1.54) is 37.1 Å². The molecule has 1 aromatic carbocycles. The first-order valence-corrected chi connectivity index (χ1v) is 6.66. The first-order valence-electron chi connectivity index (χ1n) is 6.66. The number of para-hydroxylation sites is 2. The standard InChI is InChI=1S/C14H18N2O6/c1-10(14(18)19)9-15(2)13(17)7-8-22-12-6-4-3-5-11(12)16(20)21/h3-6,10H,7-9H2,1-2H3,(H,18,19). The van der Waals surface area contributed by atoms with Crippen molar-refractivity contribution in [3.05, 3.63) is 34.4 Å². The van der Waals surface area contributed by atoms with Crippen LogP contribution in [0.15, 0.2) is 24.3 Å². The largest absolute Gasteiger partial charge is 0.486 e. The quantitative estimate of drug-likeness (QED) is 0.576. The second-order valence-corrected chi connectivity index (χ2v) is 4.84. The van der Waals surface area contributed by atoms with Gasteiger partial charge in [0, 0.05) is 19.7 Å². The van der Waals surface area contributed by atoms with E-state index in [9.17, 15) is 19.7 Å². The van der Waals surface area contributed by atoms with E-state index in [4.69, 9.17) is 9.84 Å². The molecule has 1 N–H and O–H groups in total. The molecule has 1 unspecified atom stereocenters. The molecular formula is C14H18N2O6. The van der Waals surface area contributed by atoms with Gasteiger partial charge >= 0.3 is 11.7 Å². The van der Waals surface area contributed by atoms with Crippen molar-refractivity contribution in [3.63, 3.8) is 0 Å². The van der Waals surface area contributed by atoms with Gasteiger partial charge in [0.2, 0.25) is 5.91 Å². The molecule has 120 valence electrons. The van der Waals surface area contributed by atoms with E-state index in [0.717, 1.165) is 0 Å². The normalized spacial score (nSPS) is 11.5. The molecule has 0 aromatic heterocycles. The second-order valence-electron chi connectivity index (χ2n) is 4.84. The van der Waals surface area contributed by atoms with Crippen LogP contribution in [0.25, 0.3) is 0 Å². The molecule has 1 amide bonds. The number of carbonyl (C=O) groups is 2. The Morgan fingerprint density at radius 1 is 1.41 bits per heavy atom. The number of hydrogen-bond acceptors (Lipinski definition) is 5. The summed E-state index contributed by atoms with van der Waals surface area (Å²) in [5.41, 5.74) is -0.164. The maximum atomic E-state index is 11.8. The predicted molar refractivity (Wildman–Crippen MR) is 77.6 cm³/mol. The minimum absolute atomic E-state index is 0.00882. The third-order valence-electron chi connectivity index (χ3n) is 3.03. The Morgan fingerprint density at radius 2 is 2.05 bits per heavy atom. The molecule has 0 radical (unpaired) electrons. The summed E-state index contributed by atoms with van der Waals surface area (Å²) in [6.45, 7) is 1.59. The van der Waals surface area contributed by atoms with Gasteiger partial charge in [-0.1, -0.05) is 19.1 Å². The molecule has 0 spiro atoms. The highest BCUT2D eigenvalue weighted by Crippen LogP contribution is 2.25. The highest BCUT2D eigenvalue weighted by Gasteiger charge is 2.18. The van der Waals surface area contributed by atoms with Gasteiger partial charge in [-0.25, -0.2) is 0 Å². The molecular weight excluding hydrogens is 292 g/mol. The Bertz CT molecular complexity index is 560. The van der Waals surface area contributed by atoms with Crippen LogP contribution in [0.4, 0.5) is 5.69 Å². The summed E-state index contributed by atoms with van der Waals surface area (Å²) < 4.78 is 5.27. The van der Waals surface area contributed by atoms with Gasteiger partial charge in [0.1, 0.15) is 0 Å². The SMILES string of the molecule is CC(CN(C)C(=O)CCOc1ccccc1[N+](=O)[O-])C(=O)O. The van der Waals surface area contributed by atoms with Crippen LogP contribution in [-0.2, 0) is 9.59 Å². The number of hydrogen-bond donors (Lipinski definition) is 1. The van der Waals surface area contributed by atoms with Crippen LogP contribution in [0.2, 0.25) is 0 Å².